The quantitative estimate of drug-likeness (QED) is 0.645. The Balaban J connectivity index is 2.28. The highest BCUT2D eigenvalue weighted by molar-refractivity contribution is 5.65. The van der Waals surface area contributed by atoms with E-state index in [9.17, 15) is 9.90 Å². The van der Waals surface area contributed by atoms with Gasteiger partial charge in [-0.05, 0) is 23.1 Å². The number of hydrogen-bond donors (Lipinski definition) is 3. The third kappa shape index (κ3) is 6.16. The average Bonchev–Trinajstić information content (AvgIpc) is 2.65. The summed E-state index contributed by atoms with van der Waals surface area (Å²) in [5, 5.41) is 14.5. The molecule has 4 N–H and O–H groups in total. The molecule has 0 fully saturated rings. The van der Waals surface area contributed by atoms with E-state index in [1.165, 1.54) is 0 Å². The Labute approximate surface area is 166 Å². The molecular weight excluding hydrogens is 356 g/mol. The van der Waals surface area contributed by atoms with Crippen molar-refractivity contribution in [2.75, 3.05) is 12.4 Å². The molecule has 0 aliphatic heterocycles. The summed E-state index contributed by atoms with van der Waals surface area (Å²) in [6.07, 6.45) is -2.33. The van der Waals surface area contributed by atoms with Crippen molar-refractivity contribution in [3.8, 4) is 5.75 Å². The summed E-state index contributed by atoms with van der Waals surface area (Å²) in [7, 11) is 1.60. The number of carbonyl (C=O) groups excluding carboxylic acids is 1. The topological polar surface area (TPSA) is 93.8 Å². The lowest BCUT2D eigenvalue weighted by atomic mass is 9.80. The molecule has 0 saturated carbocycles. The van der Waals surface area contributed by atoms with Crippen molar-refractivity contribution >= 4 is 11.8 Å². The van der Waals surface area contributed by atoms with Gasteiger partial charge in [-0.15, -0.1) is 0 Å². The first-order valence-electron chi connectivity index (χ1n) is 9.29. The number of amides is 1. The second-order valence-corrected chi connectivity index (χ2v) is 7.88. The molecule has 2 aromatic rings. The number of anilines is 1. The van der Waals surface area contributed by atoms with Crippen LogP contribution in [0.15, 0.2) is 54.6 Å². The monoisotopic (exact) mass is 386 g/mol. The molecule has 0 aliphatic carbocycles. The number of aliphatic hydroxyl groups excluding tert-OH is 1. The van der Waals surface area contributed by atoms with E-state index in [-0.39, 0.29) is 5.41 Å². The summed E-state index contributed by atoms with van der Waals surface area (Å²) in [6, 6.07) is 16.6. The second-order valence-electron chi connectivity index (χ2n) is 7.88. The fourth-order valence-electron chi connectivity index (χ4n) is 3.15. The molecule has 28 heavy (non-hydrogen) atoms. The van der Waals surface area contributed by atoms with E-state index in [2.05, 4.69) is 5.32 Å². The highest BCUT2D eigenvalue weighted by atomic mass is 16.6. The minimum absolute atomic E-state index is 0.335. The van der Waals surface area contributed by atoms with Gasteiger partial charge >= 0.3 is 6.09 Å². The number of aliphatic hydroxyl groups is 1. The van der Waals surface area contributed by atoms with Crippen molar-refractivity contribution in [3.63, 3.8) is 0 Å². The standard InChI is InChI=1S/C22H30N2O4/c1-22(2,3)20(24-16-11-8-12-17(14-16)27-4)19(25)18(28-21(23)26)13-15-9-6-5-7-10-15/h5-12,14,18-20,24-25H,13H2,1-4H3,(H2,23,26)/t18-,19+,20?/m0/s1. The normalized spacial score (nSPS) is 14.6. The number of benzene rings is 2. The van der Waals surface area contributed by atoms with Crippen LogP contribution in [0.25, 0.3) is 0 Å². The molecule has 2 rings (SSSR count). The molecule has 0 aromatic heterocycles. The molecule has 0 saturated heterocycles. The van der Waals surface area contributed by atoms with E-state index >= 15 is 0 Å². The summed E-state index contributed by atoms with van der Waals surface area (Å²) in [6.45, 7) is 6.04. The number of nitrogens with one attached hydrogen (secondary N) is 1. The highest BCUT2D eigenvalue weighted by Crippen LogP contribution is 2.30. The molecule has 0 bridgehead atoms. The number of primary amides is 1. The SMILES string of the molecule is COc1cccc(NC([C@H](O)[C@H](Cc2ccccc2)OC(N)=O)C(C)(C)C)c1. The van der Waals surface area contributed by atoms with Gasteiger partial charge in [0.2, 0.25) is 0 Å². The van der Waals surface area contributed by atoms with Gasteiger partial charge in [-0.25, -0.2) is 4.79 Å². The summed E-state index contributed by atoms with van der Waals surface area (Å²) in [5.74, 6) is 0.710. The van der Waals surface area contributed by atoms with Gasteiger partial charge in [-0.1, -0.05) is 57.2 Å². The van der Waals surface area contributed by atoms with Gasteiger partial charge in [-0.2, -0.15) is 0 Å². The van der Waals surface area contributed by atoms with Crippen molar-refractivity contribution in [1.29, 1.82) is 0 Å². The number of carbonyl (C=O) groups is 1. The molecular formula is C22H30N2O4. The number of methoxy groups -OCH3 is 1. The van der Waals surface area contributed by atoms with Crippen LogP contribution in [0.5, 0.6) is 5.75 Å². The van der Waals surface area contributed by atoms with E-state index in [0.29, 0.717) is 12.2 Å². The fraction of sp³-hybridized carbons (Fsp3) is 0.409. The van der Waals surface area contributed by atoms with Gasteiger partial charge in [0.05, 0.1) is 13.2 Å². The predicted octanol–water partition coefficient (Wildman–Crippen LogP) is 3.59. The lowest BCUT2D eigenvalue weighted by molar-refractivity contribution is -0.0204. The first-order valence-corrected chi connectivity index (χ1v) is 9.29. The largest absolute Gasteiger partial charge is 0.497 e. The third-order valence-corrected chi connectivity index (χ3v) is 4.59. The number of nitrogens with two attached hydrogens (primary N) is 1. The summed E-state index contributed by atoms with van der Waals surface area (Å²) in [4.78, 5) is 11.5. The van der Waals surface area contributed by atoms with E-state index in [1.54, 1.807) is 7.11 Å². The van der Waals surface area contributed by atoms with E-state index in [0.717, 1.165) is 11.3 Å². The zero-order valence-electron chi connectivity index (χ0n) is 16.9. The number of ether oxygens (including phenoxy) is 2. The van der Waals surface area contributed by atoms with Gasteiger partial charge in [0.15, 0.2) is 0 Å². The van der Waals surface area contributed by atoms with Gasteiger partial charge in [0.1, 0.15) is 18.0 Å². The fourth-order valence-corrected chi connectivity index (χ4v) is 3.15. The summed E-state index contributed by atoms with van der Waals surface area (Å²) < 4.78 is 10.6. The lowest BCUT2D eigenvalue weighted by Gasteiger charge is -2.38. The van der Waals surface area contributed by atoms with Gasteiger partial charge in [0.25, 0.3) is 0 Å². The van der Waals surface area contributed by atoms with Crippen LogP contribution >= 0.6 is 0 Å². The van der Waals surface area contributed by atoms with Gasteiger partial charge in [0, 0.05) is 18.2 Å². The molecule has 0 heterocycles. The number of rotatable bonds is 8. The maximum absolute atomic E-state index is 11.5. The van der Waals surface area contributed by atoms with Crippen molar-refractivity contribution in [1.82, 2.24) is 0 Å². The van der Waals surface area contributed by atoms with Crippen LogP contribution in [0.1, 0.15) is 26.3 Å². The Morgan fingerprint density at radius 2 is 1.82 bits per heavy atom. The lowest BCUT2D eigenvalue weighted by Crippen LogP contribution is -2.51. The molecule has 2 aromatic carbocycles. The van der Waals surface area contributed by atoms with Crippen LogP contribution in [0.3, 0.4) is 0 Å². The number of hydrogen-bond acceptors (Lipinski definition) is 5. The van der Waals surface area contributed by atoms with Crippen molar-refractivity contribution in [2.45, 2.75) is 45.4 Å². The Morgan fingerprint density at radius 3 is 2.39 bits per heavy atom. The maximum atomic E-state index is 11.5. The molecule has 152 valence electrons. The maximum Gasteiger partial charge on any atom is 0.404 e. The van der Waals surface area contributed by atoms with Crippen molar-refractivity contribution in [3.05, 3.63) is 60.2 Å². The second kappa shape index (κ2) is 9.46. The predicted molar refractivity (Wildman–Crippen MR) is 110 cm³/mol. The van der Waals surface area contributed by atoms with Crippen molar-refractivity contribution in [2.24, 2.45) is 11.1 Å². The molecule has 6 nitrogen and oxygen atoms in total. The molecule has 3 atom stereocenters. The Kier molecular flexibility index (Phi) is 7.29. The first kappa shape index (κ1) is 21.6. The Morgan fingerprint density at radius 1 is 1.14 bits per heavy atom. The van der Waals surface area contributed by atoms with E-state index < -0.39 is 24.3 Å². The molecule has 0 spiro atoms. The third-order valence-electron chi connectivity index (χ3n) is 4.59. The van der Waals surface area contributed by atoms with Crippen LogP contribution in [0.4, 0.5) is 10.5 Å². The summed E-state index contributed by atoms with van der Waals surface area (Å²) >= 11 is 0. The average molecular weight is 386 g/mol. The smallest absolute Gasteiger partial charge is 0.404 e. The molecule has 1 amide bonds. The molecule has 0 radical (unpaired) electrons. The Bertz CT molecular complexity index is 759. The van der Waals surface area contributed by atoms with Crippen LogP contribution in [0.2, 0.25) is 0 Å². The molecule has 0 aliphatic rings. The minimum atomic E-state index is -0.987. The van der Waals surface area contributed by atoms with Crippen molar-refractivity contribution < 1.29 is 19.4 Å². The zero-order chi connectivity index (χ0) is 20.7. The van der Waals surface area contributed by atoms with E-state index in [1.807, 2.05) is 75.4 Å². The molecule has 6 heteroatoms. The summed E-state index contributed by atoms with van der Waals surface area (Å²) in [5.41, 5.74) is 6.69. The highest BCUT2D eigenvalue weighted by Gasteiger charge is 2.37. The first-order chi connectivity index (χ1) is 13.2. The molecule has 1 unspecified atom stereocenters. The van der Waals surface area contributed by atoms with Gasteiger partial charge in [-0.3, -0.25) is 0 Å². The van der Waals surface area contributed by atoms with Crippen LogP contribution in [0, 0.1) is 5.41 Å². The van der Waals surface area contributed by atoms with Gasteiger partial charge < -0.3 is 25.6 Å². The van der Waals surface area contributed by atoms with E-state index in [4.69, 9.17) is 15.2 Å². The van der Waals surface area contributed by atoms with Crippen LogP contribution in [-0.2, 0) is 11.2 Å². The van der Waals surface area contributed by atoms with Crippen LogP contribution in [-0.4, -0.2) is 36.6 Å². The van der Waals surface area contributed by atoms with Crippen LogP contribution < -0.4 is 15.8 Å². The Hall–Kier alpha value is -2.73. The zero-order valence-corrected chi connectivity index (χ0v) is 16.9. The minimum Gasteiger partial charge on any atom is -0.497 e.